The van der Waals surface area contributed by atoms with Crippen molar-refractivity contribution in [2.45, 2.75) is 20.1 Å². The Morgan fingerprint density at radius 1 is 1.06 bits per heavy atom. The lowest BCUT2D eigenvalue weighted by Gasteiger charge is -2.08. The first-order valence-electron chi connectivity index (χ1n) is 5.88. The molecular weight excluding hydrogens is 290 g/mol. The predicted octanol–water partition coefficient (Wildman–Crippen LogP) is 3.86. The maximum Gasteiger partial charge on any atom is 0.0681 e. The average Bonchev–Trinajstić information content (AvgIpc) is 2.41. The van der Waals surface area contributed by atoms with Crippen molar-refractivity contribution in [3.05, 3.63) is 63.6 Å². The molecule has 0 spiro atoms. The molecule has 0 fully saturated rings. The highest BCUT2D eigenvalue weighted by Crippen LogP contribution is 2.18. The van der Waals surface area contributed by atoms with Crippen molar-refractivity contribution in [2.24, 2.45) is 0 Å². The molecular formula is C15H16BrNO. The molecule has 0 saturated heterocycles. The molecule has 2 rings (SSSR count). The molecule has 18 heavy (non-hydrogen) atoms. The maximum absolute atomic E-state index is 8.97. The van der Waals surface area contributed by atoms with Gasteiger partial charge in [-0.25, -0.2) is 0 Å². The second-order valence-electron chi connectivity index (χ2n) is 4.29. The lowest BCUT2D eigenvalue weighted by atomic mass is 10.1. The van der Waals surface area contributed by atoms with Crippen LogP contribution >= 0.6 is 15.9 Å². The van der Waals surface area contributed by atoms with E-state index >= 15 is 0 Å². The maximum atomic E-state index is 8.97. The number of rotatable bonds is 4. The Hall–Kier alpha value is -1.32. The van der Waals surface area contributed by atoms with Crippen molar-refractivity contribution in [1.82, 2.24) is 0 Å². The highest BCUT2D eigenvalue weighted by atomic mass is 79.9. The van der Waals surface area contributed by atoms with Gasteiger partial charge in [-0.3, -0.25) is 0 Å². The van der Waals surface area contributed by atoms with Crippen molar-refractivity contribution in [3.8, 4) is 0 Å². The van der Waals surface area contributed by atoms with E-state index in [9.17, 15) is 0 Å². The minimum atomic E-state index is 0.0885. The van der Waals surface area contributed by atoms with E-state index in [4.69, 9.17) is 5.11 Å². The minimum absolute atomic E-state index is 0.0885. The first kappa shape index (κ1) is 13.1. The molecule has 0 saturated carbocycles. The summed E-state index contributed by atoms with van der Waals surface area (Å²) in [6.07, 6.45) is 0. The minimum Gasteiger partial charge on any atom is -0.392 e. The molecule has 0 aromatic heterocycles. The van der Waals surface area contributed by atoms with E-state index in [-0.39, 0.29) is 6.61 Å². The Balaban J connectivity index is 1.99. The Labute approximate surface area is 116 Å². The second-order valence-corrected chi connectivity index (χ2v) is 5.15. The monoisotopic (exact) mass is 305 g/mol. The van der Waals surface area contributed by atoms with Crippen molar-refractivity contribution in [3.63, 3.8) is 0 Å². The summed E-state index contributed by atoms with van der Waals surface area (Å²) in [4.78, 5) is 0. The second kappa shape index (κ2) is 6.03. The number of hydrogen-bond donors (Lipinski definition) is 2. The van der Waals surface area contributed by atoms with Gasteiger partial charge in [-0.05, 0) is 41.8 Å². The number of aliphatic hydroxyl groups excluding tert-OH is 1. The van der Waals surface area contributed by atoms with Gasteiger partial charge in [0.25, 0.3) is 0 Å². The first-order chi connectivity index (χ1) is 8.69. The molecule has 0 heterocycles. The Bertz CT molecular complexity index is 523. The van der Waals surface area contributed by atoms with E-state index in [2.05, 4.69) is 46.4 Å². The van der Waals surface area contributed by atoms with Gasteiger partial charge in [-0.15, -0.1) is 0 Å². The largest absolute Gasteiger partial charge is 0.392 e. The molecule has 0 aliphatic heterocycles. The summed E-state index contributed by atoms with van der Waals surface area (Å²) >= 11 is 3.54. The highest BCUT2D eigenvalue weighted by Gasteiger charge is 1.98. The van der Waals surface area contributed by atoms with Gasteiger partial charge in [-0.1, -0.05) is 40.2 Å². The van der Waals surface area contributed by atoms with Gasteiger partial charge in [0.1, 0.15) is 0 Å². The van der Waals surface area contributed by atoms with Gasteiger partial charge in [0.15, 0.2) is 0 Å². The molecule has 0 bridgehead atoms. The topological polar surface area (TPSA) is 32.3 Å². The van der Waals surface area contributed by atoms with Crippen molar-refractivity contribution < 1.29 is 5.11 Å². The molecule has 0 atom stereocenters. The van der Waals surface area contributed by atoms with Crippen LogP contribution in [0.15, 0.2) is 46.9 Å². The van der Waals surface area contributed by atoms with Gasteiger partial charge < -0.3 is 10.4 Å². The number of hydrogen-bond acceptors (Lipinski definition) is 2. The highest BCUT2D eigenvalue weighted by molar-refractivity contribution is 9.10. The fourth-order valence-electron chi connectivity index (χ4n) is 1.68. The van der Waals surface area contributed by atoms with Crippen molar-refractivity contribution in [2.75, 3.05) is 5.32 Å². The fraction of sp³-hybridized carbons (Fsp3) is 0.200. The van der Waals surface area contributed by atoms with E-state index in [1.807, 2.05) is 24.3 Å². The molecule has 0 aliphatic carbocycles. The van der Waals surface area contributed by atoms with Crippen LogP contribution < -0.4 is 5.32 Å². The molecule has 2 N–H and O–H groups in total. The summed E-state index contributed by atoms with van der Waals surface area (Å²) in [5.74, 6) is 0. The number of halogens is 1. The molecule has 0 amide bonds. The third-order valence-corrected chi connectivity index (χ3v) is 3.72. The molecule has 2 aromatic carbocycles. The molecule has 0 radical (unpaired) electrons. The average molecular weight is 306 g/mol. The van der Waals surface area contributed by atoms with Gasteiger partial charge in [0.05, 0.1) is 6.61 Å². The van der Waals surface area contributed by atoms with Crippen LogP contribution in [0, 0.1) is 6.92 Å². The van der Waals surface area contributed by atoms with E-state index in [0.717, 1.165) is 22.3 Å². The van der Waals surface area contributed by atoms with Gasteiger partial charge >= 0.3 is 0 Å². The van der Waals surface area contributed by atoms with Crippen molar-refractivity contribution >= 4 is 21.6 Å². The predicted molar refractivity (Wildman–Crippen MR) is 78.6 cm³/mol. The third-order valence-electron chi connectivity index (χ3n) is 2.87. The third kappa shape index (κ3) is 3.34. The van der Waals surface area contributed by atoms with Crippen LogP contribution in [0.25, 0.3) is 0 Å². The molecule has 94 valence electrons. The van der Waals surface area contributed by atoms with Gasteiger partial charge in [-0.2, -0.15) is 0 Å². The van der Waals surface area contributed by atoms with Crippen LogP contribution in [0.2, 0.25) is 0 Å². The van der Waals surface area contributed by atoms with E-state index < -0.39 is 0 Å². The van der Waals surface area contributed by atoms with Crippen LogP contribution in [0.1, 0.15) is 16.7 Å². The number of nitrogens with one attached hydrogen (secondary N) is 1. The van der Waals surface area contributed by atoms with Crippen LogP contribution in [-0.2, 0) is 13.2 Å². The Kier molecular flexibility index (Phi) is 4.39. The zero-order chi connectivity index (χ0) is 13.0. The SMILES string of the molecule is Cc1ccc(CNc2ccc(CO)cc2)cc1Br. The van der Waals surface area contributed by atoms with Gasteiger partial charge in [0, 0.05) is 16.7 Å². The van der Waals surface area contributed by atoms with Crippen LogP contribution in [0.4, 0.5) is 5.69 Å². The van der Waals surface area contributed by atoms with Gasteiger partial charge in [0.2, 0.25) is 0 Å². The van der Waals surface area contributed by atoms with Crippen molar-refractivity contribution in [1.29, 1.82) is 0 Å². The standard InChI is InChI=1S/C15H16BrNO/c1-11-2-3-13(8-15(11)16)9-17-14-6-4-12(10-18)5-7-14/h2-8,17-18H,9-10H2,1H3. The number of anilines is 1. The summed E-state index contributed by atoms with van der Waals surface area (Å²) in [7, 11) is 0. The normalized spacial score (nSPS) is 10.4. The number of aryl methyl sites for hydroxylation is 1. The lowest BCUT2D eigenvalue weighted by Crippen LogP contribution is -1.99. The quantitative estimate of drug-likeness (QED) is 0.899. The van der Waals surface area contributed by atoms with E-state index in [0.29, 0.717) is 0 Å². The van der Waals surface area contributed by atoms with Crippen LogP contribution in [0.5, 0.6) is 0 Å². The molecule has 2 aromatic rings. The summed E-state index contributed by atoms with van der Waals surface area (Å²) in [6, 6.07) is 14.2. The van der Waals surface area contributed by atoms with E-state index in [1.54, 1.807) is 0 Å². The summed E-state index contributed by atoms with van der Waals surface area (Å²) in [6.45, 7) is 2.96. The summed E-state index contributed by atoms with van der Waals surface area (Å²) in [5, 5.41) is 12.3. The van der Waals surface area contributed by atoms with Crippen LogP contribution in [0.3, 0.4) is 0 Å². The molecule has 3 heteroatoms. The molecule has 0 unspecified atom stereocenters. The van der Waals surface area contributed by atoms with Crippen LogP contribution in [-0.4, -0.2) is 5.11 Å². The number of benzene rings is 2. The molecule has 2 nitrogen and oxygen atoms in total. The molecule has 0 aliphatic rings. The zero-order valence-electron chi connectivity index (χ0n) is 10.3. The Morgan fingerprint density at radius 2 is 1.72 bits per heavy atom. The summed E-state index contributed by atoms with van der Waals surface area (Å²) < 4.78 is 1.14. The number of aliphatic hydroxyl groups is 1. The summed E-state index contributed by atoms with van der Waals surface area (Å²) in [5.41, 5.74) is 4.47. The lowest BCUT2D eigenvalue weighted by molar-refractivity contribution is 0.282. The Morgan fingerprint density at radius 3 is 2.33 bits per heavy atom. The smallest absolute Gasteiger partial charge is 0.0681 e. The fourth-order valence-corrected chi connectivity index (χ4v) is 2.10. The first-order valence-corrected chi connectivity index (χ1v) is 6.67. The van der Waals surface area contributed by atoms with E-state index in [1.165, 1.54) is 11.1 Å². The zero-order valence-corrected chi connectivity index (χ0v) is 11.9.